The highest BCUT2D eigenvalue weighted by Crippen LogP contribution is 2.50. The summed E-state index contributed by atoms with van der Waals surface area (Å²) in [6.45, 7) is 3.11. The summed E-state index contributed by atoms with van der Waals surface area (Å²) in [5, 5.41) is 4.26. The van der Waals surface area contributed by atoms with Gasteiger partial charge in [0.2, 0.25) is 11.7 Å². The minimum Gasteiger partial charge on any atom is -0.338 e. The minimum absolute atomic E-state index is 0.0209. The zero-order valence-electron chi connectivity index (χ0n) is 14.7. The van der Waals surface area contributed by atoms with Crippen LogP contribution >= 0.6 is 0 Å². The van der Waals surface area contributed by atoms with Crippen molar-refractivity contribution in [3.05, 3.63) is 66.3 Å². The second-order valence-corrected chi connectivity index (χ2v) is 7.56. The van der Waals surface area contributed by atoms with E-state index in [1.165, 1.54) is 18.4 Å². The van der Waals surface area contributed by atoms with Crippen molar-refractivity contribution in [1.82, 2.24) is 20.0 Å². The van der Waals surface area contributed by atoms with Crippen LogP contribution in [0.5, 0.6) is 0 Å². The van der Waals surface area contributed by atoms with Gasteiger partial charge in [-0.1, -0.05) is 41.9 Å². The fourth-order valence-corrected chi connectivity index (χ4v) is 4.75. The quantitative estimate of drug-likeness (QED) is 0.721. The van der Waals surface area contributed by atoms with Crippen molar-refractivity contribution in [1.29, 1.82) is 0 Å². The Hall–Kier alpha value is -2.53. The summed E-state index contributed by atoms with van der Waals surface area (Å²) in [4.78, 5) is 11.4. The van der Waals surface area contributed by atoms with E-state index in [-0.39, 0.29) is 5.41 Å². The molecule has 5 rings (SSSR count). The SMILES string of the molecule is c1ccc(CN2C[C@H]3CCC[C@@]3(c3nc(-c4ccncc4)no3)C2)cc1. The average molecular weight is 346 g/mol. The van der Waals surface area contributed by atoms with Crippen LogP contribution in [-0.2, 0) is 12.0 Å². The largest absolute Gasteiger partial charge is 0.338 e. The minimum atomic E-state index is 0.0209. The van der Waals surface area contributed by atoms with E-state index in [0.29, 0.717) is 11.7 Å². The molecule has 2 aliphatic rings. The monoisotopic (exact) mass is 346 g/mol. The Kier molecular flexibility index (Phi) is 3.82. The Labute approximate surface area is 153 Å². The molecular formula is C21H22N4O. The van der Waals surface area contributed by atoms with Gasteiger partial charge in [0.1, 0.15) is 0 Å². The standard InChI is InChI=1S/C21H22N4O/c1-2-5-16(6-3-1)13-25-14-18-7-4-10-21(18,15-25)20-23-19(24-26-20)17-8-11-22-12-9-17/h1-3,5-6,8-9,11-12,18H,4,7,10,13-15H2/t18-,21-/m1/s1. The molecule has 1 aromatic carbocycles. The third-order valence-electron chi connectivity index (χ3n) is 5.98. The van der Waals surface area contributed by atoms with Gasteiger partial charge in [0.15, 0.2) is 0 Å². The maximum absolute atomic E-state index is 5.80. The first-order chi connectivity index (χ1) is 12.8. The van der Waals surface area contributed by atoms with E-state index >= 15 is 0 Å². The van der Waals surface area contributed by atoms with Crippen LogP contribution < -0.4 is 0 Å². The molecule has 2 fully saturated rings. The van der Waals surface area contributed by atoms with E-state index < -0.39 is 0 Å². The van der Waals surface area contributed by atoms with Crippen molar-refractivity contribution < 1.29 is 4.52 Å². The van der Waals surface area contributed by atoms with Crippen LogP contribution in [-0.4, -0.2) is 33.1 Å². The van der Waals surface area contributed by atoms with Crippen molar-refractivity contribution in [2.45, 2.75) is 31.2 Å². The Morgan fingerprint density at radius 1 is 1.12 bits per heavy atom. The molecule has 3 aromatic rings. The van der Waals surface area contributed by atoms with Crippen molar-refractivity contribution in [2.24, 2.45) is 5.92 Å². The van der Waals surface area contributed by atoms with Crippen LogP contribution in [0.4, 0.5) is 0 Å². The molecule has 5 heteroatoms. The highest BCUT2D eigenvalue weighted by molar-refractivity contribution is 5.52. The molecule has 0 amide bonds. The predicted molar refractivity (Wildman–Crippen MR) is 98.3 cm³/mol. The summed E-state index contributed by atoms with van der Waals surface area (Å²) < 4.78 is 5.80. The number of aromatic nitrogens is 3. The summed E-state index contributed by atoms with van der Waals surface area (Å²) in [7, 11) is 0. The van der Waals surface area contributed by atoms with Crippen LogP contribution in [0, 0.1) is 5.92 Å². The number of fused-ring (bicyclic) bond motifs is 1. The molecule has 1 saturated heterocycles. The Morgan fingerprint density at radius 2 is 1.96 bits per heavy atom. The number of likely N-dealkylation sites (tertiary alicyclic amines) is 1. The molecular weight excluding hydrogens is 324 g/mol. The molecule has 2 atom stereocenters. The fraction of sp³-hybridized carbons (Fsp3) is 0.381. The first kappa shape index (κ1) is 15.7. The van der Waals surface area contributed by atoms with Gasteiger partial charge in [0.05, 0.1) is 5.41 Å². The van der Waals surface area contributed by atoms with E-state index in [1.807, 2.05) is 12.1 Å². The Balaban J connectivity index is 1.41. The highest BCUT2D eigenvalue weighted by Gasteiger charge is 2.54. The van der Waals surface area contributed by atoms with Crippen molar-refractivity contribution in [2.75, 3.05) is 13.1 Å². The second-order valence-electron chi connectivity index (χ2n) is 7.56. The second kappa shape index (κ2) is 6.32. The van der Waals surface area contributed by atoms with Gasteiger partial charge in [-0.3, -0.25) is 9.88 Å². The maximum atomic E-state index is 5.80. The predicted octanol–water partition coefficient (Wildman–Crippen LogP) is 3.69. The highest BCUT2D eigenvalue weighted by atomic mass is 16.5. The maximum Gasteiger partial charge on any atom is 0.234 e. The van der Waals surface area contributed by atoms with Gasteiger partial charge in [-0.25, -0.2) is 0 Å². The number of rotatable bonds is 4. The molecule has 0 radical (unpaired) electrons. The van der Waals surface area contributed by atoms with Crippen molar-refractivity contribution in [3.63, 3.8) is 0 Å². The van der Waals surface area contributed by atoms with Crippen LogP contribution in [0.1, 0.15) is 30.7 Å². The molecule has 1 aliphatic heterocycles. The number of nitrogens with zero attached hydrogens (tertiary/aromatic N) is 4. The number of hydrogen-bond acceptors (Lipinski definition) is 5. The van der Waals surface area contributed by atoms with Gasteiger partial charge in [-0.05, 0) is 36.5 Å². The normalized spacial score (nSPS) is 25.5. The zero-order chi connectivity index (χ0) is 17.4. The number of pyridine rings is 1. The lowest BCUT2D eigenvalue weighted by atomic mass is 9.80. The lowest BCUT2D eigenvalue weighted by molar-refractivity contribution is 0.245. The van der Waals surface area contributed by atoms with Gasteiger partial charge >= 0.3 is 0 Å². The first-order valence-electron chi connectivity index (χ1n) is 9.34. The average Bonchev–Trinajstić information content (AvgIpc) is 3.37. The lowest BCUT2D eigenvalue weighted by Gasteiger charge is -2.24. The summed E-state index contributed by atoms with van der Waals surface area (Å²) >= 11 is 0. The molecule has 0 bridgehead atoms. The summed E-state index contributed by atoms with van der Waals surface area (Å²) in [5.41, 5.74) is 2.35. The molecule has 0 unspecified atom stereocenters. The molecule has 26 heavy (non-hydrogen) atoms. The Bertz CT molecular complexity index is 879. The van der Waals surface area contributed by atoms with Crippen LogP contribution in [0.15, 0.2) is 59.4 Å². The molecule has 1 aliphatic carbocycles. The smallest absolute Gasteiger partial charge is 0.234 e. The molecule has 1 saturated carbocycles. The first-order valence-corrected chi connectivity index (χ1v) is 9.34. The molecule has 132 valence electrons. The third-order valence-corrected chi connectivity index (χ3v) is 5.98. The number of benzene rings is 1. The van der Waals surface area contributed by atoms with Gasteiger partial charge in [0, 0.05) is 37.6 Å². The molecule has 0 spiro atoms. The van der Waals surface area contributed by atoms with Crippen LogP contribution in [0.25, 0.3) is 11.4 Å². The summed E-state index contributed by atoms with van der Waals surface area (Å²) in [6, 6.07) is 14.6. The van der Waals surface area contributed by atoms with Crippen LogP contribution in [0.3, 0.4) is 0 Å². The molecule has 0 N–H and O–H groups in total. The fourth-order valence-electron chi connectivity index (χ4n) is 4.75. The lowest BCUT2D eigenvalue weighted by Crippen LogP contribution is -2.32. The molecule has 3 heterocycles. The molecule has 2 aromatic heterocycles. The summed E-state index contributed by atoms with van der Waals surface area (Å²) in [5.74, 6) is 2.10. The van der Waals surface area contributed by atoms with Crippen LogP contribution in [0.2, 0.25) is 0 Å². The van der Waals surface area contributed by atoms with Crippen molar-refractivity contribution in [3.8, 4) is 11.4 Å². The Morgan fingerprint density at radius 3 is 2.81 bits per heavy atom. The van der Waals surface area contributed by atoms with E-state index in [9.17, 15) is 0 Å². The van der Waals surface area contributed by atoms with E-state index in [0.717, 1.165) is 37.5 Å². The van der Waals surface area contributed by atoms with E-state index in [4.69, 9.17) is 9.51 Å². The zero-order valence-corrected chi connectivity index (χ0v) is 14.7. The van der Waals surface area contributed by atoms with E-state index in [2.05, 4.69) is 45.4 Å². The summed E-state index contributed by atoms with van der Waals surface area (Å²) in [6.07, 6.45) is 7.16. The van der Waals surface area contributed by atoms with Crippen molar-refractivity contribution >= 4 is 0 Å². The van der Waals surface area contributed by atoms with Gasteiger partial charge < -0.3 is 4.52 Å². The van der Waals surface area contributed by atoms with Gasteiger partial charge in [-0.2, -0.15) is 4.98 Å². The van der Waals surface area contributed by atoms with E-state index in [1.54, 1.807) is 12.4 Å². The van der Waals surface area contributed by atoms with Gasteiger partial charge in [0.25, 0.3) is 0 Å². The number of hydrogen-bond donors (Lipinski definition) is 0. The molecule has 5 nitrogen and oxygen atoms in total. The third kappa shape index (κ3) is 2.63. The topological polar surface area (TPSA) is 55.1 Å². The van der Waals surface area contributed by atoms with Gasteiger partial charge in [-0.15, -0.1) is 0 Å².